The number of nitrogens with two attached hydrogens (primary N) is 1. The third kappa shape index (κ3) is 3.34. The lowest BCUT2D eigenvalue weighted by molar-refractivity contribution is 0.287. The Bertz CT molecular complexity index is 606. The molecular weight excluding hydrogens is 312 g/mol. The molecule has 0 spiro atoms. The van der Waals surface area contributed by atoms with Gasteiger partial charge in [-0.15, -0.1) is 12.4 Å². The Labute approximate surface area is 131 Å². The lowest BCUT2D eigenvalue weighted by Gasteiger charge is -2.30. The fourth-order valence-corrected chi connectivity index (χ4v) is 4.43. The molecule has 0 amide bonds. The lowest BCUT2D eigenvalue weighted by atomic mass is 10.1. The third-order valence-corrected chi connectivity index (χ3v) is 5.80. The van der Waals surface area contributed by atoms with Crippen molar-refractivity contribution in [1.82, 2.24) is 4.31 Å². The van der Waals surface area contributed by atoms with Crippen LogP contribution in [0.1, 0.15) is 24.8 Å². The van der Waals surface area contributed by atoms with Crippen molar-refractivity contribution < 1.29 is 13.2 Å². The summed E-state index contributed by atoms with van der Waals surface area (Å²) in [5, 5.41) is 0. The van der Waals surface area contributed by atoms with Crippen LogP contribution in [0.5, 0.6) is 5.75 Å². The molecule has 1 fully saturated rings. The van der Waals surface area contributed by atoms with E-state index in [-0.39, 0.29) is 18.4 Å². The normalized spacial score (nSPS) is 22.8. The second-order valence-electron chi connectivity index (χ2n) is 5.49. The van der Waals surface area contributed by atoms with Crippen LogP contribution in [0.25, 0.3) is 0 Å². The summed E-state index contributed by atoms with van der Waals surface area (Å²) in [7, 11) is -3.43. The largest absolute Gasteiger partial charge is 0.493 e. The van der Waals surface area contributed by atoms with E-state index in [1.807, 2.05) is 0 Å². The smallest absolute Gasteiger partial charge is 0.243 e. The molecule has 0 aromatic heterocycles. The molecule has 0 bridgehead atoms. The number of piperidine rings is 1. The van der Waals surface area contributed by atoms with E-state index in [0.717, 1.165) is 37.0 Å². The lowest BCUT2D eigenvalue weighted by Crippen LogP contribution is -2.45. The molecule has 1 aromatic carbocycles. The van der Waals surface area contributed by atoms with Gasteiger partial charge in [0.1, 0.15) is 5.75 Å². The molecule has 1 aromatic rings. The van der Waals surface area contributed by atoms with Crippen LogP contribution in [0.15, 0.2) is 23.1 Å². The molecule has 21 heavy (non-hydrogen) atoms. The van der Waals surface area contributed by atoms with Crippen LogP contribution in [-0.4, -0.2) is 38.5 Å². The van der Waals surface area contributed by atoms with Crippen molar-refractivity contribution in [3.63, 3.8) is 0 Å². The number of hydrogen-bond acceptors (Lipinski definition) is 4. The molecule has 1 atom stereocenters. The number of ether oxygens (including phenoxy) is 1. The summed E-state index contributed by atoms with van der Waals surface area (Å²) < 4.78 is 32.3. The van der Waals surface area contributed by atoms with Gasteiger partial charge in [0.15, 0.2) is 0 Å². The Morgan fingerprint density at radius 2 is 2.10 bits per heavy atom. The van der Waals surface area contributed by atoms with E-state index in [1.165, 1.54) is 4.31 Å². The van der Waals surface area contributed by atoms with Gasteiger partial charge in [-0.25, -0.2) is 8.42 Å². The molecule has 0 saturated carbocycles. The van der Waals surface area contributed by atoms with Gasteiger partial charge in [0.25, 0.3) is 0 Å². The predicted molar refractivity (Wildman–Crippen MR) is 83.5 cm³/mol. The maximum atomic E-state index is 12.6. The molecule has 7 heteroatoms. The highest BCUT2D eigenvalue weighted by Gasteiger charge is 2.29. The van der Waals surface area contributed by atoms with Gasteiger partial charge in [-0.05, 0) is 49.4 Å². The van der Waals surface area contributed by atoms with Crippen LogP contribution in [-0.2, 0) is 16.4 Å². The zero-order valence-corrected chi connectivity index (χ0v) is 13.5. The molecule has 2 aliphatic heterocycles. The van der Waals surface area contributed by atoms with Crippen molar-refractivity contribution in [2.45, 2.75) is 36.6 Å². The fourth-order valence-electron chi connectivity index (χ4n) is 2.84. The maximum Gasteiger partial charge on any atom is 0.243 e. The van der Waals surface area contributed by atoms with Crippen molar-refractivity contribution >= 4 is 22.4 Å². The molecule has 2 heterocycles. The van der Waals surface area contributed by atoms with Gasteiger partial charge < -0.3 is 10.5 Å². The van der Waals surface area contributed by atoms with Gasteiger partial charge in [-0.2, -0.15) is 4.31 Å². The second-order valence-corrected chi connectivity index (χ2v) is 7.42. The summed E-state index contributed by atoms with van der Waals surface area (Å²) in [6.45, 7) is 1.68. The predicted octanol–water partition coefficient (Wildman–Crippen LogP) is 1.55. The molecule has 3 rings (SSSR count). The summed E-state index contributed by atoms with van der Waals surface area (Å²) in [5.74, 6) is 0.811. The Morgan fingerprint density at radius 1 is 1.29 bits per heavy atom. The number of nitrogens with zero attached hydrogens (tertiary/aromatic N) is 1. The summed E-state index contributed by atoms with van der Waals surface area (Å²) >= 11 is 0. The number of fused-ring (bicyclic) bond motifs is 1. The first-order chi connectivity index (χ1) is 9.57. The highest BCUT2D eigenvalue weighted by atomic mass is 35.5. The average Bonchev–Trinajstić information content (AvgIpc) is 2.46. The monoisotopic (exact) mass is 332 g/mol. The molecule has 1 saturated heterocycles. The molecule has 0 radical (unpaired) electrons. The average molecular weight is 333 g/mol. The van der Waals surface area contributed by atoms with Gasteiger partial charge >= 0.3 is 0 Å². The Morgan fingerprint density at radius 3 is 2.86 bits per heavy atom. The SMILES string of the molecule is Cl.NC1CCCN(S(=O)(=O)c2ccc3c(c2)CCCO3)C1. The van der Waals surface area contributed by atoms with Gasteiger partial charge in [0.05, 0.1) is 11.5 Å². The van der Waals surface area contributed by atoms with Crippen molar-refractivity contribution in [2.75, 3.05) is 19.7 Å². The van der Waals surface area contributed by atoms with E-state index in [1.54, 1.807) is 18.2 Å². The van der Waals surface area contributed by atoms with E-state index < -0.39 is 10.0 Å². The zero-order chi connectivity index (χ0) is 14.2. The summed E-state index contributed by atoms with van der Waals surface area (Å²) in [4.78, 5) is 0.357. The van der Waals surface area contributed by atoms with Crippen LogP contribution < -0.4 is 10.5 Å². The summed E-state index contributed by atoms with van der Waals surface area (Å²) in [6, 6.07) is 5.11. The van der Waals surface area contributed by atoms with Crippen LogP contribution in [0, 0.1) is 0 Å². The Kier molecular flexibility index (Phi) is 5.14. The summed E-state index contributed by atoms with van der Waals surface area (Å²) in [6.07, 6.45) is 3.53. The first-order valence-corrected chi connectivity index (χ1v) is 8.53. The number of aryl methyl sites for hydroxylation is 1. The van der Waals surface area contributed by atoms with Crippen molar-refractivity contribution in [2.24, 2.45) is 5.73 Å². The van der Waals surface area contributed by atoms with Crippen LogP contribution in [0.3, 0.4) is 0 Å². The standard InChI is InChI=1S/C14H20N2O3S.ClH/c15-12-4-1-7-16(10-12)20(17,18)13-5-6-14-11(9-13)3-2-8-19-14;/h5-6,9,12H,1-4,7-8,10,15H2;1H. The van der Waals surface area contributed by atoms with Crippen molar-refractivity contribution in [1.29, 1.82) is 0 Å². The minimum absolute atomic E-state index is 0. The highest BCUT2D eigenvalue weighted by Crippen LogP contribution is 2.29. The van der Waals surface area contributed by atoms with E-state index >= 15 is 0 Å². The van der Waals surface area contributed by atoms with E-state index in [0.29, 0.717) is 24.6 Å². The molecule has 1 unspecified atom stereocenters. The second kappa shape index (κ2) is 6.52. The number of rotatable bonds is 2. The molecular formula is C14H21ClN2O3S. The summed E-state index contributed by atoms with van der Waals surface area (Å²) in [5.41, 5.74) is 6.87. The number of sulfonamides is 1. The Hall–Kier alpha value is -0.820. The quantitative estimate of drug-likeness (QED) is 0.891. The van der Waals surface area contributed by atoms with Crippen LogP contribution in [0.2, 0.25) is 0 Å². The molecule has 5 nitrogen and oxygen atoms in total. The van der Waals surface area contributed by atoms with E-state index in [4.69, 9.17) is 10.5 Å². The third-order valence-electron chi connectivity index (χ3n) is 3.94. The first kappa shape index (κ1) is 16.5. The fraction of sp³-hybridized carbons (Fsp3) is 0.571. The van der Waals surface area contributed by atoms with Gasteiger partial charge in [-0.1, -0.05) is 0 Å². The Balaban J connectivity index is 0.00000161. The van der Waals surface area contributed by atoms with E-state index in [2.05, 4.69) is 0 Å². The maximum absolute atomic E-state index is 12.6. The van der Waals surface area contributed by atoms with E-state index in [9.17, 15) is 8.42 Å². The number of hydrogen-bond donors (Lipinski definition) is 1. The highest BCUT2D eigenvalue weighted by molar-refractivity contribution is 7.89. The van der Waals surface area contributed by atoms with Crippen LogP contribution in [0.4, 0.5) is 0 Å². The van der Waals surface area contributed by atoms with Gasteiger partial charge in [-0.3, -0.25) is 0 Å². The topological polar surface area (TPSA) is 72.6 Å². The number of halogens is 1. The zero-order valence-electron chi connectivity index (χ0n) is 11.8. The van der Waals surface area contributed by atoms with Crippen LogP contribution >= 0.6 is 12.4 Å². The van der Waals surface area contributed by atoms with Gasteiger partial charge in [0, 0.05) is 19.1 Å². The van der Waals surface area contributed by atoms with Gasteiger partial charge in [0.2, 0.25) is 10.0 Å². The minimum atomic E-state index is -3.43. The number of benzene rings is 1. The first-order valence-electron chi connectivity index (χ1n) is 7.09. The molecule has 118 valence electrons. The van der Waals surface area contributed by atoms with Crippen molar-refractivity contribution in [3.05, 3.63) is 23.8 Å². The minimum Gasteiger partial charge on any atom is -0.493 e. The molecule has 2 aliphatic rings. The molecule has 0 aliphatic carbocycles. The van der Waals surface area contributed by atoms with Crippen molar-refractivity contribution in [3.8, 4) is 5.75 Å². The molecule has 2 N–H and O–H groups in total.